The molecule has 0 N–H and O–H groups in total. The van der Waals surface area contributed by atoms with E-state index in [0.717, 1.165) is 25.0 Å². The topological polar surface area (TPSA) is 8.17 Å². The van der Waals surface area contributed by atoms with Crippen molar-refractivity contribution in [3.8, 4) is 0 Å². The Balaban J connectivity index is 2.16. The highest BCUT2D eigenvalue weighted by atomic mass is 19.1. The number of benzene rings is 1. The zero-order chi connectivity index (χ0) is 11.5. The molecule has 0 aliphatic heterocycles. The summed E-state index contributed by atoms with van der Waals surface area (Å²) in [6.07, 6.45) is 3.04. The molecule has 3 heteroatoms. The Labute approximate surface area is 95.3 Å². The number of halogens is 1. The van der Waals surface area contributed by atoms with E-state index in [2.05, 4.69) is 23.6 Å². The third-order valence-corrected chi connectivity index (χ3v) is 2.76. The monoisotopic (exact) mass is 220 g/mol. The number of hydrogen-bond donors (Lipinski definition) is 0. The summed E-state index contributed by atoms with van der Waals surface area (Å²) in [5.74, 6) is -0.135. The molecule has 1 aromatic heterocycles. The van der Waals surface area contributed by atoms with Crippen molar-refractivity contribution in [3.63, 3.8) is 0 Å². The standard InChI is InChI=1S/C13H17FN2/c1-15(2)8-4-9-16-10-7-11-12(14)5-3-6-13(11)16/h3,5-7,10H,4,8-9H2,1-2H3. The Morgan fingerprint density at radius 2 is 2.06 bits per heavy atom. The molecule has 16 heavy (non-hydrogen) atoms. The molecule has 0 saturated heterocycles. The number of fused-ring (bicyclic) bond motifs is 1. The van der Waals surface area contributed by atoms with Gasteiger partial charge >= 0.3 is 0 Å². The van der Waals surface area contributed by atoms with Gasteiger partial charge in [0.05, 0.1) is 5.52 Å². The maximum atomic E-state index is 13.4. The van der Waals surface area contributed by atoms with E-state index in [1.807, 2.05) is 18.3 Å². The average molecular weight is 220 g/mol. The van der Waals surface area contributed by atoms with Crippen molar-refractivity contribution in [1.29, 1.82) is 0 Å². The predicted octanol–water partition coefficient (Wildman–Crippen LogP) is 2.73. The maximum absolute atomic E-state index is 13.4. The van der Waals surface area contributed by atoms with Crippen LogP contribution in [-0.4, -0.2) is 30.1 Å². The van der Waals surface area contributed by atoms with Crippen LogP contribution in [-0.2, 0) is 6.54 Å². The fraction of sp³-hybridized carbons (Fsp3) is 0.385. The van der Waals surface area contributed by atoms with Crippen LogP contribution < -0.4 is 0 Å². The Morgan fingerprint density at radius 3 is 2.81 bits per heavy atom. The normalized spacial score (nSPS) is 11.5. The summed E-state index contributed by atoms with van der Waals surface area (Å²) in [5.41, 5.74) is 0.985. The lowest BCUT2D eigenvalue weighted by Gasteiger charge is -2.10. The molecule has 0 saturated carbocycles. The summed E-state index contributed by atoms with van der Waals surface area (Å²) >= 11 is 0. The first-order chi connectivity index (χ1) is 7.68. The van der Waals surface area contributed by atoms with E-state index < -0.39 is 0 Å². The van der Waals surface area contributed by atoms with Crippen LogP contribution in [0.1, 0.15) is 6.42 Å². The molecule has 0 radical (unpaired) electrons. The lowest BCUT2D eigenvalue weighted by atomic mass is 10.2. The summed E-state index contributed by atoms with van der Waals surface area (Å²) in [4.78, 5) is 2.16. The zero-order valence-corrected chi connectivity index (χ0v) is 9.78. The summed E-state index contributed by atoms with van der Waals surface area (Å²) in [6.45, 7) is 1.99. The number of hydrogen-bond acceptors (Lipinski definition) is 1. The van der Waals surface area contributed by atoms with Gasteiger partial charge in [-0.15, -0.1) is 0 Å². The van der Waals surface area contributed by atoms with Gasteiger partial charge in [0.25, 0.3) is 0 Å². The molecule has 0 atom stereocenters. The van der Waals surface area contributed by atoms with Gasteiger partial charge in [0.1, 0.15) is 5.82 Å². The van der Waals surface area contributed by atoms with Crippen molar-refractivity contribution in [3.05, 3.63) is 36.3 Å². The van der Waals surface area contributed by atoms with E-state index in [-0.39, 0.29) is 5.82 Å². The highest BCUT2D eigenvalue weighted by Crippen LogP contribution is 2.19. The van der Waals surface area contributed by atoms with Gasteiger partial charge in [0.15, 0.2) is 0 Å². The molecule has 1 heterocycles. The molecule has 2 rings (SSSR count). The SMILES string of the molecule is CN(C)CCCn1ccc2c(F)cccc21. The minimum atomic E-state index is -0.135. The molecule has 0 bridgehead atoms. The van der Waals surface area contributed by atoms with Crippen molar-refractivity contribution >= 4 is 10.9 Å². The highest BCUT2D eigenvalue weighted by Gasteiger charge is 2.04. The number of aromatic nitrogens is 1. The molecule has 1 aromatic carbocycles. The fourth-order valence-electron chi connectivity index (χ4n) is 1.94. The van der Waals surface area contributed by atoms with Crippen LogP contribution in [0.15, 0.2) is 30.5 Å². The van der Waals surface area contributed by atoms with E-state index in [0.29, 0.717) is 5.39 Å². The Kier molecular flexibility index (Phi) is 3.25. The van der Waals surface area contributed by atoms with E-state index >= 15 is 0 Å². The van der Waals surface area contributed by atoms with Crippen LogP contribution in [0.5, 0.6) is 0 Å². The average Bonchev–Trinajstić information content (AvgIpc) is 2.63. The lowest BCUT2D eigenvalue weighted by molar-refractivity contribution is 0.388. The minimum Gasteiger partial charge on any atom is -0.347 e. The number of nitrogens with zero attached hydrogens (tertiary/aromatic N) is 2. The van der Waals surface area contributed by atoms with Gasteiger partial charge in [-0.05, 0) is 45.3 Å². The van der Waals surface area contributed by atoms with Crippen molar-refractivity contribution < 1.29 is 4.39 Å². The van der Waals surface area contributed by atoms with Crippen molar-refractivity contribution in [2.75, 3.05) is 20.6 Å². The van der Waals surface area contributed by atoms with Gasteiger partial charge in [-0.2, -0.15) is 0 Å². The van der Waals surface area contributed by atoms with Gasteiger partial charge in [-0.25, -0.2) is 4.39 Å². The molecule has 0 spiro atoms. The Bertz CT molecular complexity index is 474. The van der Waals surface area contributed by atoms with Crippen LogP contribution >= 0.6 is 0 Å². The first-order valence-electron chi connectivity index (χ1n) is 5.56. The second-order valence-electron chi connectivity index (χ2n) is 4.34. The van der Waals surface area contributed by atoms with Crippen LogP contribution in [0.3, 0.4) is 0 Å². The summed E-state index contributed by atoms with van der Waals surface area (Å²) in [5, 5.41) is 0.715. The molecule has 0 fully saturated rings. The molecular formula is C13H17FN2. The molecule has 0 aliphatic rings. The third-order valence-electron chi connectivity index (χ3n) is 2.76. The van der Waals surface area contributed by atoms with Gasteiger partial charge in [0.2, 0.25) is 0 Å². The minimum absolute atomic E-state index is 0.135. The number of rotatable bonds is 4. The van der Waals surface area contributed by atoms with E-state index in [1.54, 1.807) is 6.07 Å². The zero-order valence-electron chi connectivity index (χ0n) is 9.78. The molecular weight excluding hydrogens is 203 g/mol. The fourth-order valence-corrected chi connectivity index (χ4v) is 1.94. The largest absolute Gasteiger partial charge is 0.347 e. The van der Waals surface area contributed by atoms with Gasteiger partial charge in [-0.1, -0.05) is 6.07 Å². The molecule has 0 aliphatic carbocycles. The van der Waals surface area contributed by atoms with E-state index in [4.69, 9.17) is 0 Å². The maximum Gasteiger partial charge on any atom is 0.132 e. The van der Waals surface area contributed by atoms with Crippen molar-refractivity contribution in [1.82, 2.24) is 9.47 Å². The second kappa shape index (κ2) is 4.66. The van der Waals surface area contributed by atoms with Gasteiger partial charge in [0, 0.05) is 18.1 Å². The molecule has 2 aromatic rings. The molecule has 0 unspecified atom stereocenters. The van der Waals surface area contributed by atoms with Crippen LogP contribution in [0, 0.1) is 5.82 Å². The van der Waals surface area contributed by atoms with Crippen LogP contribution in [0.4, 0.5) is 4.39 Å². The van der Waals surface area contributed by atoms with E-state index in [9.17, 15) is 4.39 Å². The van der Waals surface area contributed by atoms with Crippen molar-refractivity contribution in [2.45, 2.75) is 13.0 Å². The summed E-state index contributed by atoms with van der Waals surface area (Å²) in [7, 11) is 4.13. The summed E-state index contributed by atoms with van der Waals surface area (Å²) < 4.78 is 15.5. The van der Waals surface area contributed by atoms with Gasteiger partial charge < -0.3 is 9.47 Å². The predicted molar refractivity (Wildman–Crippen MR) is 65.1 cm³/mol. The third kappa shape index (κ3) is 2.25. The van der Waals surface area contributed by atoms with Gasteiger partial charge in [-0.3, -0.25) is 0 Å². The van der Waals surface area contributed by atoms with Crippen LogP contribution in [0.2, 0.25) is 0 Å². The Morgan fingerprint density at radius 1 is 1.25 bits per heavy atom. The smallest absolute Gasteiger partial charge is 0.132 e. The summed E-state index contributed by atoms with van der Waals surface area (Å²) in [6, 6.07) is 7.08. The van der Waals surface area contributed by atoms with E-state index in [1.165, 1.54) is 6.07 Å². The Hall–Kier alpha value is -1.35. The first kappa shape index (κ1) is 11.1. The molecule has 0 amide bonds. The molecule has 86 valence electrons. The van der Waals surface area contributed by atoms with Crippen molar-refractivity contribution in [2.24, 2.45) is 0 Å². The second-order valence-corrected chi connectivity index (χ2v) is 4.34. The molecule has 2 nitrogen and oxygen atoms in total. The highest BCUT2D eigenvalue weighted by molar-refractivity contribution is 5.80. The quantitative estimate of drug-likeness (QED) is 0.769. The van der Waals surface area contributed by atoms with Crippen LogP contribution in [0.25, 0.3) is 10.9 Å². The lowest BCUT2D eigenvalue weighted by Crippen LogP contribution is -2.14. The first-order valence-corrected chi connectivity index (χ1v) is 5.56. The number of aryl methyl sites for hydroxylation is 1.